The second kappa shape index (κ2) is 5.45. The van der Waals surface area contributed by atoms with Crippen molar-refractivity contribution in [3.63, 3.8) is 0 Å². The van der Waals surface area contributed by atoms with Crippen molar-refractivity contribution in [2.45, 2.75) is 6.54 Å². The lowest BCUT2D eigenvalue weighted by Crippen LogP contribution is -2.46. The number of imidazole rings is 1. The first-order valence-electron chi connectivity index (χ1n) is 6.81. The lowest BCUT2D eigenvalue weighted by atomic mass is 10.2. The first-order chi connectivity index (χ1) is 9.33. The largest absolute Gasteiger partial charge is 0.340 e. The van der Waals surface area contributed by atoms with E-state index in [1.54, 1.807) is 0 Å². The highest BCUT2D eigenvalue weighted by atomic mass is 15.3. The van der Waals surface area contributed by atoms with E-state index < -0.39 is 0 Å². The molecular weight excluding hydrogens is 236 g/mol. The third-order valence-corrected chi connectivity index (χ3v) is 3.70. The first kappa shape index (κ1) is 12.2. The molecule has 19 heavy (non-hydrogen) atoms. The average Bonchev–Trinajstić information content (AvgIpc) is 2.87. The van der Waals surface area contributed by atoms with Crippen LogP contribution in [0.4, 0.5) is 5.95 Å². The van der Waals surface area contributed by atoms with Gasteiger partial charge < -0.3 is 9.47 Å². The zero-order valence-electron chi connectivity index (χ0n) is 11.4. The smallest absolute Gasteiger partial charge is 0.205 e. The summed E-state index contributed by atoms with van der Waals surface area (Å²) in [4.78, 5) is 9.29. The number of aryl methyl sites for hydroxylation is 1. The summed E-state index contributed by atoms with van der Waals surface area (Å²) >= 11 is 0. The molecule has 0 spiro atoms. The second-order valence-corrected chi connectivity index (χ2v) is 5.09. The molecular formula is C15H20N4. The summed E-state index contributed by atoms with van der Waals surface area (Å²) in [6.07, 6.45) is 3.87. The van der Waals surface area contributed by atoms with Gasteiger partial charge in [-0.25, -0.2) is 4.98 Å². The van der Waals surface area contributed by atoms with Crippen LogP contribution in [0, 0.1) is 0 Å². The molecule has 0 unspecified atom stereocenters. The molecule has 1 aliphatic rings. The van der Waals surface area contributed by atoms with Crippen LogP contribution < -0.4 is 4.90 Å². The second-order valence-electron chi connectivity index (χ2n) is 5.09. The van der Waals surface area contributed by atoms with Crippen molar-refractivity contribution in [1.29, 1.82) is 0 Å². The van der Waals surface area contributed by atoms with Gasteiger partial charge in [-0.15, -0.1) is 0 Å². The molecule has 4 nitrogen and oxygen atoms in total. The Kier molecular flexibility index (Phi) is 3.51. The van der Waals surface area contributed by atoms with Crippen LogP contribution in [0.1, 0.15) is 5.56 Å². The number of hydrogen-bond donors (Lipinski definition) is 0. The molecule has 3 rings (SSSR count). The van der Waals surface area contributed by atoms with Gasteiger partial charge in [0.05, 0.1) is 0 Å². The molecule has 2 aromatic rings. The van der Waals surface area contributed by atoms with Crippen LogP contribution in [0.2, 0.25) is 0 Å². The third-order valence-electron chi connectivity index (χ3n) is 3.70. The lowest BCUT2D eigenvalue weighted by Gasteiger charge is -2.35. The summed E-state index contributed by atoms with van der Waals surface area (Å²) in [7, 11) is 2.05. The lowest BCUT2D eigenvalue weighted by molar-refractivity contribution is 0.248. The molecule has 0 saturated carbocycles. The minimum Gasteiger partial charge on any atom is -0.340 e. The van der Waals surface area contributed by atoms with Gasteiger partial charge in [0.1, 0.15) is 0 Å². The number of rotatable bonds is 3. The fourth-order valence-corrected chi connectivity index (χ4v) is 2.61. The van der Waals surface area contributed by atoms with E-state index >= 15 is 0 Å². The van der Waals surface area contributed by atoms with Gasteiger partial charge in [0.15, 0.2) is 0 Å². The van der Waals surface area contributed by atoms with Gasteiger partial charge in [-0.2, -0.15) is 0 Å². The highest BCUT2D eigenvalue weighted by Gasteiger charge is 2.19. The first-order valence-corrected chi connectivity index (χ1v) is 6.81. The van der Waals surface area contributed by atoms with Gasteiger partial charge in [-0.3, -0.25) is 4.90 Å². The van der Waals surface area contributed by atoms with E-state index in [-0.39, 0.29) is 0 Å². The van der Waals surface area contributed by atoms with Crippen molar-refractivity contribution in [3.05, 3.63) is 48.3 Å². The van der Waals surface area contributed by atoms with Crippen molar-refractivity contribution in [1.82, 2.24) is 14.5 Å². The van der Waals surface area contributed by atoms with Crippen molar-refractivity contribution in [3.8, 4) is 0 Å². The van der Waals surface area contributed by atoms with Gasteiger partial charge in [0.25, 0.3) is 0 Å². The molecule has 0 radical (unpaired) electrons. The average molecular weight is 256 g/mol. The Balaban J connectivity index is 1.57. The predicted molar refractivity (Wildman–Crippen MR) is 77.1 cm³/mol. The molecule has 0 aliphatic carbocycles. The summed E-state index contributed by atoms with van der Waals surface area (Å²) in [5.74, 6) is 1.08. The van der Waals surface area contributed by atoms with Crippen LogP contribution in [0.5, 0.6) is 0 Å². The van der Waals surface area contributed by atoms with Crippen LogP contribution in [0.15, 0.2) is 42.7 Å². The molecule has 2 heterocycles. The maximum absolute atomic E-state index is 4.42. The highest BCUT2D eigenvalue weighted by Crippen LogP contribution is 2.14. The van der Waals surface area contributed by atoms with Gasteiger partial charge in [0.2, 0.25) is 5.95 Å². The molecule has 0 atom stereocenters. The summed E-state index contributed by atoms with van der Waals surface area (Å²) < 4.78 is 2.09. The summed E-state index contributed by atoms with van der Waals surface area (Å²) in [6.45, 7) is 5.36. The van der Waals surface area contributed by atoms with E-state index in [2.05, 4.69) is 56.7 Å². The zero-order chi connectivity index (χ0) is 13.1. The molecule has 1 aromatic heterocycles. The maximum atomic E-state index is 4.42. The van der Waals surface area contributed by atoms with Crippen molar-refractivity contribution in [2.24, 2.45) is 7.05 Å². The Morgan fingerprint density at radius 3 is 2.42 bits per heavy atom. The topological polar surface area (TPSA) is 24.3 Å². The molecule has 0 N–H and O–H groups in total. The third kappa shape index (κ3) is 2.79. The molecule has 0 amide bonds. The molecule has 1 saturated heterocycles. The normalized spacial score (nSPS) is 16.8. The van der Waals surface area contributed by atoms with E-state index in [4.69, 9.17) is 0 Å². The van der Waals surface area contributed by atoms with E-state index in [0.717, 1.165) is 38.7 Å². The van der Waals surface area contributed by atoms with Gasteiger partial charge in [0, 0.05) is 52.2 Å². The fraction of sp³-hybridized carbons (Fsp3) is 0.400. The summed E-state index contributed by atoms with van der Waals surface area (Å²) in [5, 5.41) is 0. The van der Waals surface area contributed by atoms with Crippen LogP contribution in [-0.2, 0) is 13.6 Å². The fourth-order valence-electron chi connectivity index (χ4n) is 2.61. The number of piperazine rings is 1. The van der Waals surface area contributed by atoms with Gasteiger partial charge in [-0.1, -0.05) is 30.3 Å². The van der Waals surface area contributed by atoms with E-state index in [1.807, 2.05) is 12.4 Å². The number of nitrogens with zero attached hydrogens (tertiary/aromatic N) is 4. The van der Waals surface area contributed by atoms with Crippen molar-refractivity contribution >= 4 is 5.95 Å². The minimum atomic E-state index is 1.05. The Hall–Kier alpha value is -1.81. The Bertz CT molecular complexity index is 512. The highest BCUT2D eigenvalue weighted by molar-refractivity contribution is 5.31. The van der Waals surface area contributed by atoms with Gasteiger partial charge in [-0.05, 0) is 5.56 Å². The molecule has 1 aliphatic heterocycles. The number of anilines is 1. The monoisotopic (exact) mass is 256 g/mol. The summed E-state index contributed by atoms with van der Waals surface area (Å²) in [5.41, 5.74) is 1.40. The van der Waals surface area contributed by atoms with Crippen molar-refractivity contribution in [2.75, 3.05) is 31.1 Å². The van der Waals surface area contributed by atoms with Crippen LogP contribution in [0.3, 0.4) is 0 Å². The Labute approximate surface area is 114 Å². The molecule has 1 aromatic carbocycles. The van der Waals surface area contributed by atoms with E-state index in [1.165, 1.54) is 5.56 Å². The SMILES string of the molecule is Cn1ccnc1N1CCN(Cc2ccccc2)CC1. The summed E-state index contributed by atoms with van der Waals surface area (Å²) in [6, 6.07) is 10.7. The van der Waals surface area contributed by atoms with Crippen molar-refractivity contribution < 1.29 is 0 Å². The van der Waals surface area contributed by atoms with E-state index in [9.17, 15) is 0 Å². The molecule has 0 bridgehead atoms. The molecule has 100 valence electrons. The van der Waals surface area contributed by atoms with E-state index in [0.29, 0.717) is 0 Å². The maximum Gasteiger partial charge on any atom is 0.205 e. The predicted octanol–water partition coefficient (Wildman–Crippen LogP) is 1.74. The Morgan fingerprint density at radius 2 is 1.79 bits per heavy atom. The zero-order valence-corrected chi connectivity index (χ0v) is 11.4. The Morgan fingerprint density at radius 1 is 1.05 bits per heavy atom. The number of hydrogen-bond acceptors (Lipinski definition) is 3. The van der Waals surface area contributed by atoms with Crippen LogP contribution in [0.25, 0.3) is 0 Å². The quantitative estimate of drug-likeness (QED) is 0.836. The molecule has 4 heteroatoms. The van der Waals surface area contributed by atoms with Gasteiger partial charge >= 0.3 is 0 Å². The van der Waals surface area contributed by atoms with Crippen LogP contribution >= 0.6 is 0 Å². The number of benzene rings is 1. The standard InChI is InChI=1S/C15H20N4/c1-17-8-7-16-15(17)19-11-9-18(10-12-19)13-14-5-3-2-4-6-14/h2-8H,9-13H2,1H3. The number of aromatic nitrogens is 2. The van der Waals surface area contributed by atoms with Crippen LogP contribution in [-0.4, -0.2) is 40.6 Å². The molecule has 1 fully saturated rings. The minimum absolute atomic E-state index is 1.05.